The zero-order chi connectivity index (χ0) is 11.2. The van der Waals surface area contributed by atoms with E-state index in [2.05, 4.69) is 0 Å². The molecule has 0 bridgehead atoms. The van der Waals surface area contributed by atoms with Gasteiger partial charge in [0.2, 0.25) is 9.05 Å². The Bertz CT molecular complexity index is 323. The molecular weight excluding hydrogens is 248 g/mol. The molecule has 1 saturated carbocycles. The zero-order valence-corrected chi connectivity index (χ0v) is 8.39. The number of hydrogen-bond acceptors (Lipinski definition) is 2. The molecule has 0 aromatic heterocycles. The molecule has 0 aromatic rings. The normalized spacial score (nSPS) is 21.3. The van der Waals surface area contributed by atoms with Crippen molar-refractivity contribution < 1.29 is 26.0 Å². The largest absolute Gasteiger partial charge is 0.309 e. The van der Waals surface area contributed by atoms with Crippen molar-refractivity contribution in [1.82, 2.24) is 0 Å². The highest BCUT2D eigenvalue weighted by atomic mass is 35.7. The lowest BCUT2D eigenvalue weighted by Crippen LogP contribution is -2.35. The van der Waals surface area contributed by atoms with E-state index in [0.717, 1.165) is 0 Å². The average Bonchev–Trinajstić information content (AvgIpc) is 2.65. The van der Waals surface area contributed by atoms with Gasteiger partial charge in [0.25, 0.3) is 0 Å². The van der Waals surface area contributed by atoms with Crippen LogP contribution in [0.2, 0.25) is 0 Å². The van der Waals surface area contributed by atoms with Gasteiger partial charge in [0.1, 0.15) is 0 Å². The van der Waals surface area contributed by atoms with Crippen LogP contribution in [0.1, 0.15) is 19.3 Å². The van der Waals surface area contributed by atoms with Crippen LogP contribution in [-0.2, 0) is 9.05 Å². The van der Waals surface area contributed by atoms with Gasteiger partial charge in [-0.3, -0.25) is 0 Å². The molecule has 1 rings (SSSR count). The van der Waals surface area contributed by atoms with Crippen molar-refractivity contribution in [3.63, 3.8) is 0 Å². The summed E-state index contributed by atoms with van der Waals surface area (Å²) in [6, 6.07) is 0. The Morgan fingerprint density at radius 2 is 1.79 bits per heavy atom. The summed E-state index contributed by atoms with van der Waals surface area (Å²) in [5.41, 5.74) is 0. The molecule has 14 heavy (non-hydrogen) atoms. The second-order valence-electron chi connectivity index (χ2n) is 3.36. The standard InChI is InChI=1S/C6H7ClF4O2S/c7-14(12,13)5(1-2-5)3-6(10,11)4(8)9/h4H,1-3H2. The third-order valence-electron chi connectivity index (χ3n) is 2.20. The molecule has 0 atom stereocenters. The van der Waals surface area contributed by atoms with E-state index in [1.54, 1.807) is 0 Å². The molecule has 0 unspecified atom stereocenters. The maximum Gasteiger partial charge on any atom is 0.309 e. The molecule has 0 aliphatic heterocycles. The predicted molar refractivity (Wildman–Crippen MR) is 42.3 cm³/mol. The minimum Gasteiger partial charge on any atom is -0.212 e. The molecule has 8 heteroatoms. The van der Waals surface area contributed by atoms with Gasteiger partial charge < -0.3 is 0 Å². The van der Waals surface area contributed by atoms with E-state index in [9.17, 15) is 26.0 Å². The van der Waals surface area contributed by atoms with E-state index in [4.69, 9.17) is 10.7 Å². The van der Waals surface area contributed by atoms with Crippen molar-refractivity contribution in [2.45, 2.75) is 36.4 Å². The second kappa shape index (κ2) is 3.23. The number of hydrogen-bond donors (Lipinski definition) is 0. The van der Waals surface area contributed by atoms with Gasteiger partial charge in [-0.05, 0) is 12.8 Å². The average molecular weight is 255 g/mol. The summed E-state index contributed by atoms with van der Waals surface area (Å²) >= 11 is 0. The van der Waals surface area contributed by atoms with Crippen LogP contribution in [0.5, 0.6) is 0 Å². The van der Waals surface area contributed by atoms with Gasteiger partial charge >= 0.3 is 12.3 Å². The molecule has 0 amide bonds. The van der Waals surface area contributed by atoms with E-state index in [-0.39, 0.29) is 12.8 Å². The van der Waals surface area contributed by atoms with Gasteiger partial charge in [-0.1, -0.05) is 0 Å². The second-order valence-corrected chi connectivity index (χ2v) is 6.32. The van der Waals surface area contributed by atoms with Crippen LogP contribution < -0.4 is 0 Å². The molecule has 0 aromatic carbocycles. The zero-order valence-electron chi connectivity index (χ0n) is 6.81. The van der Waals surface area contributed by atoms with E-state index in [1.165, 1.54) is 0 Å². The molecule has 0 heterocycles. The first-order chi connectivity index (χ1) is 6.11. The van der Waals surface area contributed by atoms with Crippen molar-refractivity contribution in [3.8, 4) is 0 Å². The SMILES string of the molecule is O=S(=O)(Cl)C1(CC(F)(F)C(F)F)CC1. The molecule has 1 aliphatic rings. The minimum atomic E-state index is -4.29. The number of alkyl halides is 4. The van der Waals surface area contributed by atoms with E-state index < -0.39 is 32.6 Å². The van der Waals surface area contributed by atoms with Crippen molar-refractivity contribution in [2.75, 3.05) is 0 Å². The quantitative estimate of drug-likeness (QED) is 0.570. The van der Waals surface area contributed by atoms with Crippen LogP contribution >= 0.6 is 10.7 Å². The highest BCUT2D eigenvalue weighted by Crippen LogP contribution is 2.52. The molecule has 0 saturated heterocycles. The summed E-state index contributed by atoms with van der Waals surface area (Å²) in [6.45, 7) is 0. The summed E-state index contributed by atoms with van der Waals surface area (Å²) in [4.78, 5) is 0. The molecule has 1 fully saturated rings. The maximum absolute atomic E-state index is 12.5. The lowest BCUT2D eigenvalue weighted by atomic mass is 10.1. The van der Waals surface area contributed by atoms with Gasteiger partial charge in [0.05, 0.1) is 4.75 Å². The maximum atomic E-state index is 12.5. The fraction of sp³-hybridized carbons (Fsp3) is 1.00. The molecule has 0 N–H and O–H groups in total. The van der Waals surface area contributed by atoms with E-state index >= 15 is 0 Å². The van der Waals surface area contributed by atoms with Gasteiger partial charge in [-0.25, -0.2) is 26.0 Å². The highest BCUT2D eigenvalue weighted by Gasteiger charge is 2.61. The minimum absolute atomic E-state index is 0.0822. The summed E-state index contributed by atoms with van der Waals surface area (Å²) in [6.07, 6.45) is -5.43. The highest BCUT2D eigenvalue weighted by molar-refractivity contribution is 8.15. The van der Waals surface area contributed by atoms with E-state index in [0.29, 0.717) is 0 Å². The van der Waals surface area contributed by atoms with Crippen molar-refractivity contribution in [3.05, 3.63) is 0 Å². The molecular formula is C6H7ClF4O2S. The first kappa shape index (κ1) is 12.0. The van der Waals surface area contributed by atoms with Gasteiger partial charge in [-0.15, -0.1) is 0 Å². The van der Waals surface area contributed by atoms with Crippen LogP contribution in [0.25, 0.3) is 0 Å². The fourth-order valence-corrected chi connectivity index (χ4v) is 2.73. The van der Waals surface area contributed by atoms with Crippen LogP contribution in [-0.4, -0.2) is 25.5 Å². The Balaban J connectivity index is 2.80. The monoisotopic (exact) mass is 254 g/mol. The molecule has 84 valence electrons. The summed E-state index contributed by atoms with van der Waals surface area (Å²) in [5.74, 6) is -4.29. The summed E-state index contributed by atoms with van der Waals surface area (Å²) in [5, 5.41) is 0. The molecule has 1 aliphatic carbocycles. The Hall–Kier alpha value is -0.0400. The Morgan fingerprint density at radius 3 is 2.00 bits per heavy atom. The van der Waals surface area contributed by atoms with Crippen molar-refractivity contribution in [1.29, 1.82) is 0 Å². The van der Waals surface area contributed by atoms with Crippen LogP contribution in [0.3, 0.4) is 0 Å². The lowest BCUT2D eigenvalue weighted by molar-refractivity contribution is -0.134. The first-order valence-corrected chi connectivity index (χ1v) is 6.02. The number of halogens is 5. The van der Waals surface area contributed by atoms with Crippen molar-refractivity contribution >= 4 is 19.7 Å². The topological polar surface area (TPSA) is 34.1 Å². The predicted octanol–water partition coefficient (Wildman–Crippen LogP) is 2.38. The lowest BCUT2D eigenvalue weighted by Gasteiger charge is -2.19. The third kappa shape index (κ3) is 2.13. The fourth-order valence-electron chi connectivity index (χ4n) is 1.15. The molecule has 0 spiro atoms. The first-order valence-electron chi connectivity index (χ1n) is 3.71. The Labute approximate surface area is 82.7 Å². The summed E-state index contributed by atoms with van der Waals surface area (Å²) in [7, 11) is 0.693. The van der Waals surface area contributed by atoms with Gasteiger partial charge in [-0.2, -0.15) is 0 Å². The smallest absolute Gasteiger partial charge is 0.212 e. The van der Waals surface area contributed by atoms with Gasteiger partial charge in [0, 0.05) is 17.1 Å². The third-order valence-corrected chi connectivity index (χ3v) is 4.77. The molecule has 2 nitrogen and oxygen atoms in total. The van der Waals surface area contributed by atoms with E-state index in [1.807, 2.05) is 0 Å². The van der Waals surface area contributed by atoms with Crippen LogP contribution in [0.15, 0.2) is 0 Å². The van der Waals surface area contributed by atoms with Crippen molar-refractivity contribution in [2.24, 2.45) is 0 Å². The van der Waals surface area contributed by atoms with Crippen LogP contribution in [0, 0.1) is 0 Å². The molecule has 0 radical (unpaired) electrons. The summed E-state index contributed by atoms with van der Waals surface area (Å²) < 4.78 is 68.4. The van der Waals surface area contributed by atoms with Gasteiger partial charge in [0.15, 0.2) is 0 Å². The number of rotatable bonds is 4. The Morgan fingerprint density at radius 1 is 1.36 bits per heavy atom. The van der Waals surface area contributed by atoms with Crippen LogP contribution in [0.4, 0.5) is 17.6 Å². The Kier molecular flexibility index (Phi) is 2.78.